The van der Waals surface area contributed by atoms with Gasteiger partial charge in [0.05, 0.1) is 12.6 Å². The number of anilines is 1. The quantitative estimate of drug-likeness (QED) is 0.425. The Morgan fingerprint density at radius 2 is 1.85 bits per heavy atom. The molecule has 0 N–H and O–H groups in total. The molecule has 3 aromatic heterocycles. The van der Waals surface area contributed by atoms with Crippen LogP contribution in [-0.2, 0) is 13.5 Å². The third-order valence-corrected chi connectivity index (χ3v) is 6.15. The average molecular weight is 443 g/mol. The van der Waals surface area contributed by atoms with Gasteiger partial charge >= 0.3 is 0 Å². The van der Waals surface area contributed by atoms with Gasteiger partial charge in [0, 0.05) is 76.8 Å². The largest absolute Gasteiger partial charge is 0.354 e. The van der Waals surface area contributed by atoms with E-state index in [4.69, 9.17) is 2.74 Å². The van der Waals surface area contributed by atoms with E-state index in [1.54, 1.807) is 23.9 Å². The van der Waals surface area contributed by atoms with Crippen LogP contribution in [0.5, 0.6) is 0 Å². The first-order valence-electron chi connectivity index (χ1n) is 12.1. The Bertz CT molecular complexity index is 1370. The van der Waals surface area contributed by atoms with Crippen LogP contribution in [0, 0.1) is 0 Å². The Hall–Kier alpha value is -3.58. The molecule has 0 bridgehead atoms. The second kappa shape index (κ2) is 9.11. The lowest BCUT2D eigenvalue weighted by atomic mass is 10.0. The smallest absolute Gasteiger partial charge is 0.169 e. The van der Waals surface area contributed by atoms with Crippen LogP contribution in [0.2, 0.25) is 0 Å². The molecule has 5 rings (SSSR count). The molecule has 0 amide bonds. The van der Waals surface area contributed by atoms with Gasteiger partial charge in [-0.15, -0.1) is 0 Å². The van der Waals surface area contributed by atoms with Gasteiger partial charge in [0.15, 0.2) is 5.78 Å². The minimum atomic E-state index is -1.33. The van der Waals surface area contributed by atoms with Crippen molar-refractivity contribution in [3.63, 3.8) is 0 Å². The molecule has 1 aliphatic heterocycles. The summed E-state index contributed by atoms with van der Waals surface area (Å²) in [6, 6.07) is 11.8. The summed E-state index contributed by atoms with van der Waals surface area (Å²) >= 11 is 0. The van der Waals surface area contributed by atoms with Gasteiger partial charge in [0.25, 0.3) is 0 Å². The second-order valence-electron chi connectivity index (χ2n) is 8.34. The highest BCUT2D eigenvalue weighted by Gasteiger charge is 2.18. The number of nitrogens with zero attached hydrogens (tertiary/aromatic N) is 6. The van der Waals surface area contributed by atoms with Crippen LogP contribution in [-0.4, -0.2) is 63.1 Å². The molecular formula is C26H28N6O. The number of Topliss-reactive ketones (excluding diaryl/α,β-unsaturated/α-hetero) is 1. The monoisotopic (exact) mass is 442 g/mol. The number of hydrogen-bond donors (Lipinski definition) is 0. The van der Waals surface area contributed by atoms with Gasteiger partial charge < -0.3 is 9.80 Å². The third-order valence-electron chi connectivity index (χ3n) is 6.15. The Morgan fingerprint density at radius 3 is 2.61 bits per heavy atom. The molecule has 4 heterocycles. The molecule has 0 saturated carbocycles. The van der Waals surface area contributed by atoms with Crippen LogP contribution >= 0.6 is 0 Å². The minimum Gasteiger partial charge on any atom is -0.354 e. The van der Waals surface area contributed by atoms with Crippen molar-refractivity contribution in [3.05, 3.63) is 72.4 Å². The summed E-state index contributed by atoms with van der Waals surface area (Å²) < 4.78 is 17.6. The number of pyridine rings is 2. The Labute approximate surface area is 196 Å². The van der Waals surface area contributed by atoms with E-state index in [0.717, 1.165) is 33.4 Å². The van der Waals surface area contributed by atoms with E-state index in [9.17, 15) is 4.79 Å². The molecule has 0 unspecified atom stereocenters. The predicted molar refractivity (Wildman–Crippen MR) is 131 cm³/mol. The molecule has 168 valence electrons. The highest BCUT2D eigenvalue weighted by molar-refractivity contribution is 5.98. The molecule has 0 radical (unpaired) electrons. The summed E-state index contributed by atoms with van der Waals surface area (Å²) in [5.74, 6) is 0.743. The van der Waals surface area contributed by atoms with E-state index in [0.29, 0.717) is 31.7 Å². The van der Waals surface area contributed by atoms with E-state index in [2.05, 4.69) is 32.1 Å². The summed E-state index contributed by atoms with van der Waals surface area (Å²) in [7, 11) is 1.90. The van der Waals surface area contributed by atoms with Crippen molar-refractivity contribution < 1.29 is 7.54 Å². The fourth-order valence-electron chi connectivity index (χ4n) is 4.22. The zero-order valence-corrected chi connectivity index (χ0v) is 18.9. The van der Waals surface area contributed by atoms with Gasteiger partial charge in [-0.25, -0.2) is 4.98 Å². The average Bonchev–Trinajstić information content (AvgIpc) is 3.29. The van der Waals surface area contributed by atoms with Gasteiger partial charge in [-0.3, -0.25) is 14.5 Å². The molecule has 1 saturated heterocycles. The summed E-state index contributed by atoms with van der Waals surface area (Å²) in [5.41, 5.74) is 3.45. The number of likely N-dealkylation sites (N-methyl/N-ethyl adjacent to an activating group) is 1. The lowest BCUT2D eigenvalue weighted by Crippen LogP contribution is -2.46. The van der Waals surface area contributed by atoms with Crippen molar-refractivity contribution in [1.82, 2.24) is 24.6 Å². The molecule has 0 spiro atoms. The van der Waals surface area contributed by atoms with E-state index in [1.807, 2.05) is 48.7 Å². The van der Waals surface area contributed by atoms with Gasteiger partial charge in [-0.2, -0.15) is 5.10 Å². The first-order valence-corrected chi connectivity index (χ1v) is 11.1. The van der Waals surface area contributed by atoms with Crippen molar-refractivity contribution in [1.29, 1.82) is 0 Å². The Kier molecular flexibility index (Phi) is 5.23. The highest BCUT2D eigenvalue weighted by atomic mass is 16.1. The van der Waals surface area contributed by atoms with Crippen molar-refractivity contribution in [2.24, 2.45) is 7.05 Å². The standard InChI is InChI=1S/C26H28N6O/c1-3-31-8-10-32(11-9-31)26-14-20(6-7-27-26)25(33)15-24-13-22-12-19(4-5-21(22)16-28-24)23-17-29-30(2)18-23/h4-7,12-14,16-18H,3,8-11,15H2,1-2H3/i3D2. The second-order valence-corrected chi connectivity index (χ2v) is 8.34. The van der Waals surface area contributed by atoms with Crippen LogP contribution in [0.25, 0.3) is 21.9 Å². The first-order chi connectivity index (χ1) is 16.8. The lowest BCUT2D eigenvalue weighted by molar-refractivity contribution is 0.0992. The third kappa shape index (κ3) is 4.64. The predicted octanol–water partition coefficient (Wildman–Crippen LogP) is 3.60. The zero-order valence-electron chi connectivity index (χ0n) is 20.9. The Balaban J connectivity index is 1.31. The topological polar surface area (TPSA) is 67.2 Å². The van der Waals surface area contributed by atoms with Crippen molar-refractivity contribution in [2.45, 2.75) is 13.3 Å². The maximum atomic E-state index is 13.1. The molecular weight excluding hydrogens is 412 g/mol. The summed E-state index contributed by atoms with van der Waals surface area (Å²) in [4.78, 5) is 26.0. The molecule has 1 aliphatic rings. The molecule has 7 nitrogen and oxygen atoms in total. The minimum absolute atomic E-state index is 0.00700. The highest BCUT2D eigenvalue weighted by Crippen LogP contribution is 2.25. The lowest BCUT2D eigenvalue weighted by Gasteiger charge is -2.34. The van der Waals surface area contributed by atoms with Crippen LogP contribution in [0.1, 0.15) is 25.7 Å². The van der Waals surface area contributed by atoms with Crippen molar-refractivity contribution >= 4 is 22.4 Å². The summed E-state index contributed by atoms with van der Waals surface area (Å²) in [5, 5.41) is 6.31. The number of fused-ring (bicyclic) bond motifs is 1. The van der Waals surface area contributed by atoms with Gasteiger partial charge in [-0.1, -0.05) is 19.1 Å². The number of carbonyl (C=O) groups is 1. The number of hydrogen-bond acceptors (Lipinski definition) is 6. The number of benzene rings is 1. The van der Waals surface area contributed by atoms with Crippen LogP contribution in [0.4, 0.5) is 5.82 Å². The number of rotatable bonds is 6. The van der Waals surface area contributed by atoms with Gasteiger partial charge in [0.2, 0.25) is 0 Å². The molecule has 1 fully saturated rings. The van der Waals surface area contributed by atoms with Gasteiger partial charge in [-0.05, 0) is 41.7 Å². The van der Waals surface area contributed by atoms with Crippen LogP contribution in [0.15, 0.2) is 61.2 Å². The number of aryl methyl sites for hydroxylation is 1. The fourth-order valence-corrected chi connectivity index (χ4v) is 4.22. The van der Waals surface area contributed by atoms with Crippen LogP contribution in [0.3, 0.4) is 0 Å². The number of carbonyl (C=O) groups excluding carboxylic acids is 1. The number of piperazine rings is 1. The van der Waals surface area contributed by atoms with E-state index in [1.165, 1.54) is 0 Å². The van der Waals surface area contributed by atoms with E-state index < -0.39 is 6.50 Å². The maximum Gasteiger partial charge on any atom is 0.169 e. The molecule has 0 atom stereocenters. The molecule has 4 aromatic rings. The normalized spacial score (nSPS) is 16.0. The SMILES string of the molecule is [2H]C([2H])(C)N1CCN(c2cc(C(=O)Cc3cc4cc(-c5cnn(C)c5)ccc4cn3)ccn2)CC1. The van der Waals surface area contributed by atoms with Crippen molar-refractivity contribution in [3.8, 4) is 11.1 Å². The molecule has 0 aliphatic carbocycles. The van der Waals surface area contributed by atoms with E-state index in [-0.39, 0.29) is 12.2 Å². The zero-order chi connectivity index (χ0) is 24.6. The number of aromatic nitrogens is 4. The molecule has 33 heavy (non-hydrogen) atoms. The summed E-state index contributed by atoms with van der Waals surface area (Å²) in [6.45, 7) is 2.83. The Morgan fingerprint density at radius 1 is 1.00 bits per heavy atom. The summed E-state index contributed by atoms with van der Waals surface area (Å²) in [6.07, 6.45) is 7.51. The maximum absolute atomic E-state index is 13.1. The number of ketones is 1. The van der Waals surface area contributed by atoms with Gasteiger partial charge in [0.1, 0.15) is 5.82 Å². The van der Waals surface area contributed by atoms with E-state index >= 15 is 0 Å². The first kappa shape index (κ1) is 18.9. The fraction of sp³-hybridized carbons (Fsp3) is 0.308. The van der Waals surface area contributed by atoms with Crippen LogP contribution < -0.4 is 4.90 Å². The molecule has 1 aromatic carbocycles. The molecule has 7 heteroatoms. The van der Waals surface area contributed by atoms with Crippen molar-refractivity contribution in [2.75, 3.05) is 37.6 Å².